The van der Waals surface area contributed by atoms with Crippen molar-refractivity contribution >= 4 is 23.4 Å². The van der Waals surface area contributed by atoms with Gasteiger partial charge in [0.1, 0.15) is 0 Å². The number of piperidine rings is 1. The Morgan fingerprint density at radius 2 is 2.11 bits per heavy atom. The van der Waals surface area contributed by atoms with Gasteiger partial charge in [-0.2, -0.15) is 8.78 Å². The molecule has 2 heterocycles. The lowest BCUT2D eigenvalue weighted by Gasteiger charge is -2.35. The quantitative estimate of drug-likeness (QED) is 0.799. The van der Waals surface area contributed by atoms with Crippen molar-refractivity contribution in [3.63, 3.8) is 0 Å². The monoisotopic (exact) mass is 399 g/mol. The predicted octanol–water partition coefficient (Wildman–Crippen LogP) is 2.54. The lowest BCUT2D eigenvalue weighted by Crippen LogP contribution is -2.49. The molecule has 0 saturated carbocycles. The minimum atomic E-state index is -3.62. The number of amides is 2. The Labute approximate surface area is 162 Å². The average molecular weight is 400 g/mol. The van der Waals surface area contributed by atoms with E-state index in [0.717, 1.165) is 31.9 Å². The summed E-state index contributed by atoms with van der Waals surface area (Å²) < 4.78 is 29.3. The SMILES string of the molecule is O=C(NCC1CCCN(C(=O)C(F)(F)c2cccc(Cl)c2)C1)C1CCCN1. The Bertz CT molecular complexity index is 695. The van der Waals surface area contributed by atoms with E-state index >= 15 is 0 Å². The van der Waals surface area contributed by atoms with Crippen LogP contribution < -0.4 is 10.6 Å². The maximum atomic E-state index is 14.6. The number of benzene rings is 1. The molecule has 1 aromatic carbocycles. The lowest BCUT2D eigenvalue weighted by molar-refractivity contribution is -0.160. The van der Waals surface area contributed by atoms with Crippen LogP contribution >= 0.6 is 11.6 Å². The number of halogens is 3. The van der Waals surface area contributed by atoms with Gasteiger partial charge >= 0.3 is 5.92 Å². The number of carbonyl (C=O) groups excluding carboxylic acids is 2. The van der Waals surface area contributed by atoms with Gasteiger partial charge in [0.05, 0.1) is 6.04 Å². The normalized spacial score (nSPS) is 23.3. The summed E-state index contributed by atoms with van der Waals surface area (Å²) in [7, 11) is 0. The van der Waals surface area contributed by atoms with Crippen molar-refractivity contribution in [2.75, 3.05) is 26.2 Å². The second kappa shape index (κ2) is 8.52. The molecule has 148 valence electrons. The minimum absolute atomic E-state index is 0.0248. The number of hydrogen-bond donors (Lipinski definition) is 2. The van der Waals surface area contributed by atoms with E-state index in [2.05, 4.69) is 10.6 Å². The van der Waals surface area contributed by atoms with E-state index in [1.54, 1.807) is 0 Å². The predicted molar refractivity (Wildman–Crippen MR) is 98.7 cm³/mol. The summed E-state index contributed by atoms with van der Waals surface area (Å²) in [6, 6.07) is 5.06. The van der Waals surface area contributed by atoms with Crippen LogP contribution in [0.15, 0.2) is 24.3 Å². The molecule has 2 unspecified atom stereocenters. The third-order valence-corrected chi connectivity index (χ3v) is 5.44. The zero-order chi connectivity index (χ0) is 19.4. The summed E-state index contributed by atoms with van der Waals surface area (Å²) >= 11 is 5.79. The molecule has 3 rings (SSSR count). The number of nitrogens with zero attached hydrogens (tertiary/aromatic N) is 1. The van der Waals surface area contributed by atoms with Gasteiger partial charge in [-0.1, -0.05) is 23.7 Å². The number of carbonyl (C=O) groups is 2. The molecule has 2 aliphatic rings. The van der Waals surface area contributed by atoms with Gasteiger partial charge in [-0.3, -0.25) is 9.59 Å². The fourth-order valence-corrected chi connectivity index (χ4v) is 3.89. The summed E-state index contributed by atoms with van der Waals surface area (Å²) in [4.78, 5) is 25.8. The fourth-order valence-electron chi connectivity index (χ4n) is 3.70. The van der Waals surface area contributed by atoms with Crippen molar-refractivity contribution < 1.29 is 18.4 Å². The molecule has 0 aliphatic carbocycles. The number of alkyl halides is 2. The van der Waals surface area contributed by atoms with Gasteiger partial charge in [-0.25, -0.2) is 0 Å². The van der Waals surface area contributed by atoms with E-state index in [4.69, 9.17) is 11.6 Å². The van der Waals surface area contributed by atoms with Gasteiger partial charge < -0.3 is 15.5 Å². The maximum Gasteiger partial charge on any atom is 0.350 e. The van der Waals surface area contributed by atoms with Crippen molar-refractivity contribution in [2.24, 2.45) is 5.92 Å². The van der Waals surface area contributed by atoms with Gasteiger partial charge in [0.2, 0.25) is 5.91 Å². The van der Waals surface area contributed by atoms with E-state index in [1.165, 1.54) is 23.1 Å². The third-order valence-electron chi connectivity index (χ3n) is 5.20. The van der Waals surface area contributed by atoms with Gasteiger partial charge in [0.15, 0.2) is 0 Å². The van der Waals surface area contributed by atoms with Crippen LogP contribution in [0.25, 0.3) is 0 Å². The number of likely N-dealkylation sites (tertiary alicyclic amines) is 1. The molecule has 2 fully saturated rings. The van der Waals surface area contributed by atoms with E-state index < -0.39 is 17.4 Å². The van der Waals surface area contributed by atoms with Crippen LogP contribution in [0.5, 0.6) is 0 Å². The third kappa shape index (κ3) is 4.76. The number of nitrogens with one attached hydrogen (secondary N) is 2. The molecular formula is C19H24ClF2N3O2. The van der Waals surface area contributed by atoms with Crippen LogP contribution in [0.4, 0.5) is 8.78 Å². The van der Waals surface area contributed by atoms with Crippen molar-refractivity contribution in [3.8, 4) is 0 Å². The van der Waals surface area contributed by atoms with Gasteiger partial charge in [0, 0.05) is 30.2 Å². The number of rotatable bonds is 5. The Morgan fingerprint density at radius 1 is 1.30 bits per heavy atom. The molecule has 5 nitrogen and oxygen atoms in total. The highest BCUT2D eigenvalue weighted by molar-refractivity contribution is 6.30. The van der Waals surface area contributed by atoms with Crippen molar-refractivity contribution in [1.29, 1.82) is 0 Å². The van der Waals surface area contributed by atoms with Crippen LogP contribution in [0, 0.1) is 5.92 Å². The first-order valence-corrected chi connectivity index (χ1v) is 9.70. The largest absolute Gasteiger partial charge is 0.354 e. The molecule has 0 aromatic heterocycles. The summed E-state index contributed by atoms with van der Waals surface area (Å²) in [6.45, 7) is 1.74. The van der Waals surface area contributed by atoms with E-state index in [-0.39, 0.29) is 29.4 Å². The van der Waals surface area contributed by atoms with Crippen LogP contribution in [0.1, 0.15) is 31.2 Å². The fraction of sp³-hybridized carbons (Fsp3) is 0.579. The maximum absolute atomic E-state index is 14.6. The first-order chi connectivity index (χ1) is 12.9. The molecule has 2 aliphatic heterocycles. The van der Waals surface area contributed by atoms with E-state index in [0.29, 0.717) is 19.5 Å². The molecule has 2 atom stereocenters. The summed E-state index contributed by atoms with van der Waals surface area (Å²) in [5.41, 5.74) is -0.400. The summed E-state index contributed by atoms with van der Waals surface area (Å²) in [5, 5.41) is 6.18. The average Bonchev–Trinajstić information content (AvgIpc) is 3.20. The van der Waals surface area contributed by atoms with Crippen LogP contribution in [0.2, 0.25) is 5.02 Å². The van der Waals surface area contributed by atoms with Gasteiger partial charge in [0.25, 0.3) is 5.91 Å². The molecule has 27 heavy (non-hydrogen) atoms. The lowest BCUT2D eigenvalue weighted by atomic mass is 9.96. The smallest absolute Gasteiger partial charge is 0.350 e. The summed E-state index contributed by atoms with van der Waals surface area (Å²) in [6.07, 6.45) is 3.22. The van der Waals surface area contributed by atoms with Gasteiger partial charge in [-0.05, 0) is 50.3 Å². The van der Waals surface area contributed by atoms with Crippen LogP contribution in [0.3, 0.4) is 0 Å². The second-order valence-corrected chi connectivity index (χ2v) is 7.67. The highest BCUT2D eigenvalue weighted by Crippen LogP contribution is 2.33. The van der Waals surface area contributed by atoms with Crippen molar-refractivity contribution in [2.45, 2.75) is 37.6 Å². The van der Waals surface area contributed by atoms with Gasteiger partial charge in [-0.15, -0.1) is 0 Å². The van der Waals surface area contributed by atoms with Crippen LogP contribution in [-0.2, 0) is 15.5 Å². The minimum Gasteiger partial charge on any atom is -0.354 e. The molecule has 2 amide bonds. The van der Waals surface area contributed by atoms with Crippen molar-refractivity contribution in [1.82, 2.24) is 15.5 Å². The highest BCUT2D eigenvalue weighted by atomic mass is 35.5. The first-order valence-electron chi connectivity index (χ1n) is 9.32. The molecule has 2 saturated heterocycles. The first kappa shape index (κ1) is 20.0. The second-order valence-electron chi connectivity index (χ2n) is 7.24. The Balaban J connectivity index is 1.58. The van der Waals surface area contributed by atoms with E-state index in [1.807, 2.05) is 0 Å². The topological polar surface area (TPSA) is 61.4 Å². The van der Waals surface area contributed by atoms with Crippen molar-refractivity contribution in [3.05, 3.63) is 34.9 Å². The Morgan fingerprint density at radius 3 is 2.81 bits per heavy atom. The zero-order valence-electron chi connectivity index (χ0n) is 15.0. The molecule has 1 aromatic rings. The molecule has 0 bridgehead atoms. The molecule has 8 heteroatoms. The highest BCUT2D eigenvalue weighted by Gasteiger charge is 2.45. The molecule has 2 N–H and O–H groups in total. The molecular weight excluding hydrogens is 376 g/mol. The number of hydrogen-bond acceptors (Lipinski definition) is 3. The summed E-state index contributed by atoms with van der Waals surface area (Å²) in [5.74, 6) is -4.91. The molecule has 0 spiro atoms. The zero-order valence-corrected chi connectivity index (χ0v) is 15.8. The Kier molecular flexibility index (Phi) is 6.32. The molecule has 0 radical (unpaired) electrons. The van der Waals surface area contributed by atoms with Crippen LogP contribution in [-0.4, -0.2) is 48.9 Å². The standard InChI is InChI=1S/C19H24ClF2N3O2/c20-15-6-1-5-14(10-15)19(21,22)18(27)25-9-3-4-13(12-25)11-24-17(26)16-7-2-8-23-16/h1,5-6,10,13,16,23H,2-4,7-9,11-12H2,(H,24,26). The van der Waals surface area contributed by atoms with E-state index in [9.17, 15) is 18.4 Å². The Hall–Kier alpha value is -1.73.